The van der Waals surface area contributed by atoms with E-state index in [1.54, 1.807) is 13.8 Å². The van der Waals surface area contributed by atoms with Crippen LogP contribution in [-0.2, 0) is 27.1 Å². The molecule has 196 valence electrons. The van der Waals surface area contributed by atoms with E-state index >= 15 is 0 Å². The molecule has 0 heterocycles. The van der Waals surface area contributed by atoms with Gasteiger partial charge in [-0.25, -0.2) is 13.6 Å². The van der Waals surface area contributed by atoms with Gasteiger partial charge in [0.15, 0.2) is 0 Å². The van der Waals surface area contributed by atoms with Crippen LogP contribution in [0.5, 0.6) is 0 Å². The highest BCUT2D eigenvalue weighted by Crippen LogP contribution is 2.32. The van der Waals surface area contributed by atoms with E-state index in [0.29, 0.717) is 12.5 Å². The van der Waals surface area contributed by atoms with Crippen LogP contribution in [0.3, 0.4) is 0 Å². The van der Waals surface area contributed by atoms with E-state index < -0.39 is 29.8 Å². The van der Waals surface area contributed by atoms with Gasteiger partial charge in [-0.05, 0) is 81.7 Å². The lowest BCUT2D eigenvalue weighted by Crippen LogP contribution is -2.45. The number of fused-ring (bicyclic) bond motifs is 1. The minimum absolute atomic E-state index is 0.0156. The van der Waals surface area contributed by atoms with Crippen LogP contribution in [0, 0.1) is 17.6 Å². The minimum Gasteiger partial charge on any atom is -0.463 e. The number of hydrogen-bond donors (Lipinski definition) is 2. The zero-order chi connectivity index (χ0) is 26.3. The summed E-state index contributed by atoms with van der Waals surface area (Å²) in [5.74, 6) is -1.61. The second-order valence-electron chi connectivity index (χ2n) is 10.1. The standard InChI is InChI=1S/C29H37F2NO4/c1-5-35-28(34)11-10-25-26(14-23(30)15-27(25)31)19(2)36-18-24(33)17-32-29(3,4)16-20-12-21-8-6-7-9-22(21)13-20/h6-11,14-15,19-20,24,32-33H,5,12-13,16-18H2,1-4H3/b11-10+/t19-,24-/m1/s1. The van der Waals surface area contributed by atoms with Crippen molar-refractivity contribution in [3.05, 3.63) is 76.4 Å². The van der Waals surface area contributed by atoms with Crippen LogP contribution in [0.2, 0.25) is 0 Å². The third kappa shape index (κ3) is 7.95. The van der Waals surface area contributed by atoms with Gasteiger partial charge in [0, 0.05) is 29.8 Å². The molecule has 36 heavy (non-hydrogen) atoms. The zero-order valence-electron chi connectivity index (χ0n) is 21.5. The van der Waals surface area contributed by atoms with Gasteiger partial charge in [-0.15, -0.1) is 0 Å². The summed E-state index contributed by atoms with van der Waals surface area (Å²) >= 11 is 0. The third-order valence-corrected chi connectivity index (χ3v) is 6.53. The minimum atomic E-state index is -0.806. The number of ether oxygens (including phenoxy) is 2. The van der Waals surface area contributed by atoms with E-state index in [0.717, 1.165) is 31.4 Å². The SMILES string of the molecule is CCOC(=O)/C=C/c1c(F)cc(F)cc1[C@@H](C)OC[C@H](O)CNC(C)(C)CC1Cc2ccccc2C1. The number of carbonyl (C=O) groups is 1. The Morgan fingerprint density at radius 3 is 2.53 bits per heavy atom. The van der Waals surface area contributed by atoms with Crippen LogP contribution in [0.15, 0.2) is 42.5 Å². The monoisotopic (exact) mass is 501 g/mol. The van der Waals surface area contributed by atoms with Gasteiger partial charge in [0.2, 0.25) is 0 Å². The van der Waals surface area contributed by atoms with Crippen molar-refractivity contribution < 1.29 is 28.2 Å². The number of nitrogens with one attached hydrogen (secondary N) is 1. The van der Waals surface area contributed by atoms with Gasteiger partial charge < -0.3 is 19.9 Å². The number of rotatable bonds is 12. The molecule has 0 saturated heterocycles. The highest BCUT2D eigenvalue weighted by atomic mass is 19.1. The predicted octanol–water partition coefficient (Wildman–Crippen LogP) is 5.15. The van der Waals surface area contributed by atoms with Crippen molar-refractivity contribution in [2.75, 3.05) is 19.8 Å². The Labute approximate surface area is 212 Å². The first-order chi connectivity index (χ1) is 17.1. The summed E-state index contributed by atoms with van der Waals surface area (Å²) in [5.41, 5.74) is 2.96. The van der Waals surface area contributed by atoms with Crippen LogP contribution in [0.1, 0.15) is 62.5 Å². The summed E-state index contributed by atoms with van der Waals surface area (Å²) in [6.45, 7) is 8.08. The Kier molecular flexibility index (Phi) is 9.77. The van der Waals surface area contributed by atoms with Crippen molar-refractivity contribution in [3.8, 4) is 0 Å². The molecule has 0 spiro atoms. The van der Waals surface area contributed by atoms with Gasteiger partial charge in [0.25, 0.3) is 0 Å². The molecule has 3 rings (SSSR count). The molecule has 2 atom stereocenters. The maximum absolute atomic E-state index is 14.5. The van der Waals surface area contributed by atoms with E-state index in [1.807, 2.05) is 0 Å². The summed E-state index contributed by atoms with van der Waals surface area (Å²) in [6, 6.07) is 10.5. The van der Waals surface area contributed by atoms with E-state index in [1.165, 1.54) is 23.3 Å². The first kappa shape index (κ1) is 28.0. The van der Waals surface area contributed by atoms with Crippen LogP contribution >= 0.6 is 0 Å². The van der Waals surface area contributed by atoms with Gasteiger partial charge >= 0.3 is 5.97 Å². The number of esters is 1. The number of halogens is 2. The topological polar surface area (TPSA) is 67.8 Å². The molecule has 0 amide bonds. The summed E-state index contributed by atoms with van der Waals surface area (Å²) < 4.78 is 39.0. The highest BCUT2D eigenvalue weighted by Gasteiger charge is 2.28. The van der Waals surface area contributed by atoms with Crippen LogP contribution in [0.25, 0.3) is 6.08 Å². The fourth-order valence-electron chi connectivity index (χ4n) is 4.84. The summed E-state index contributed by atoms with van der Waals surface area (Å²) in [5, 5.41) is 14.0. The molecule has 2 aromatic rings. The van der Waals surface area contributed by atoms with E-state index in [9.17, 15) is 18.7 Å². The van der Waals surface area contributed by atoms with Crippen LogP contribution in [0.4, 0.5) is 8.78 Å². The van der Waals surface area contributed by atoms with Crippen molar-refractivity contribution in [3.63, 3.8) is 0 Å². The molecule has 0 fully saturated rings. The van der Waals surface area contributed by atoms with Crippen molar-refractivity contribution in [2.24, 2.45) is 5.92 Å². The second-order valence-corrected chi connectivity index (χ2v) is 10.1. The van der Waals surface area contributed by atoms with E-state index in [-0.39, 0.29) is 29.9 Å². The molecule has 0 radical (unpaired) electrons. The Hall–Kier alpha value is -2.61. The molecule has 2 N–H and O–H groups in total. The number of β-amino-alcohol motifs (C(OH)–C–C–N with tert-alkyl or cyclic N) is 1. The van der Waals surface area contributed by atoms with Crippen LogP contribution in [-0.4, -0.2) is 42.5 Å². The normalized spacial score (nSPS) is 15.8. The molecular formula is C29H37F2NO4. The molecule has 5 nitrogen and oxygen atoms in total. The number of hydrogen-bond acceptors (Lipinski definition) is 5. The highest BCUT2D eigenvalue weighted by molar-refractivity contribution is 5.87. The van der Waals surface area contributed by atoms with E-state index in [2.05, 4.69) is 43.4 Å². The molecule has 0 bridgehead atoms. The quantitative estimate of drug-likeness (QED) is 0.311. The number of benzene rings is 2. The summed E-state index contributed by atoms with van der Waals surface area (Å²) in [7, 11) is 0. The summed E-state index contributed by atoms with van der Waals surface area (Å²) in [4.78, 5) is 11.6. The second kappa shape index (κ2) is 12.6. The fraction of sp³-hybridized carbons (Fsp3) is 0.483. The average molecular weight is 502 g/mol. The van der Waals surface area contributed by atoms with E-state index in [4.69, 9.17) is 9.47 Å². The van der Waals surface area contributed by atoms with Gasteiger partial charge in [-0.3, -0.25) is 0 Å². The lowest BCUT2D eigenvalue weighted by atomic mass is 9.88. The van der Waals surface area contributed by atoms with Gasteiger partial charge in [-0.2, -0.15) is 0 Å². The van der Waals surface area contributed by atoms with Crippen molar-refractivity contribution in [2.45, 2.75) is 64.7 Å². The molecular weight excluding hydrogens is 464 g/mol. The zero-order valence-corrected chi connectivity index (χ0v) is 21.5. The van der Waals surface area contributed by atoms with Crippen LogP contribution < -0.4 is 5.32 Å². The molecule has 1 aliphatic rings. The number of carbonyl (C=O) groups excluding carboxylic acids is 1. The smallest absolute Gasteiger partial charge is 0.330 e. The molecule has 0 aliphatic heterocycles. The van der Waals surface area contributed by atoms with Crippen molar-refractivity contribution in [1.82, 2.24) is 5.32 Å². The molecule has 7 heteroatoms. The van der Waals surface area contributed by atoms with Crippen molar-refractivity contribution >= 4 is 12.0 Å². The Balaban J connectivity index is 1.52. The molecule has 0 saturated carbocycles. The maximum Gasteiger partial charge on any atom is 0.330 e. The Morgan fingerprint density at radius 2 is 1.89 bits per heavy atom. The lowest BCUT2D eigenvalue weighted by molar-refractivity contribution is -0.137. The number of aliphatic hydroxyl groups is 1. The molecule has 2 aromatic carbocycles. The predicted molar refractivity (Wildman–Crippen MR) is 136 cm³/mol. The van der Waals surface area contributed by atoms with Gasteiger partial charge in [0.1, 0.15) is 11.6 Å². The molecule has 0 unspecified atom stereocenters. The van der Waals surface area contributed by atoms with Gasteiger partial charge in [0.05, 0.1) is 25.4 Å². The Morgan fingerprint density at radius 1 is 1.22 bits per heavy atom. The average Bonchev–Trinajstić information content (AvgIpc) is 3.22. The number of aliphatic hydroxyl groups excluding tert-OH is 1. The van der Waals surface area contributed by atoms with Crippen molar-refractivity contribution in [1.29, 1.82) is 0 Å². The first-order valence-corrected chi connectivity index (χ1v) is 12.5. The molecule has 0 aromatic heterocycles. The van der Waals surface area contributed by atoms with Gasteiger partial charge in [-0.1, -0.05) is 24.3 Å². The maximum atomic E-state index is 14.5. The lowest BCUT2D eigenvalue weighted by Gasteiger charge is -2.31. The third-order valence-electron chi connectivity index (χ3n) is 6.53. The first-order valence-electron chi connectivity index (χ1n) is 12.5. The Bertz CT molecular complexity index is 1040. The largest absolute Gasteiger partial charge is 0.463 e. The fourth-order valence-corrected chi connectivity index (χ4v) is 4.84. The summed E-state index contributed by atoms with van der Waals surface area (Å²) in [6.07, 6.45) is 3.96. The molecule has 1 aliphatic carbocycles.